The van der Waals surface area contributed by atoms with E-state index in [1.54, 1.807) is 6.92 Å². The van der Waals surface area contributed by atoms with Gasteiger partial charge < -0.3 is 14.8 Å². The molecule has 0 spiro atoms. The Labute approximate surface area is 131 Å². The minimum absolute atomic E-state index is 0.203. The highest BCUT2D eigenvalue weighted by molar-refractivity contribution is 5.84. The number of hydrogen-bond acceptors (Lipinski definition) is 4. The van der Waals surface area contributed by atoms with E-state index in [9.17, 15) is 9.59 Å². The summed E-state index contributed by atoms with van der Waals surface area (Å²) >= 11 is 0. The summed E-state index contributed by atoms with van der Waals surface area (Å²) in [5.41, 5.74) is 3.10. The number of aryl methyl sites for hydroxylation is 3. The lowest BCUT2D eigenvalue weighted by atomic mass is 10.1. The van der Waals surface area contributed by atoms with Gasteiger partial charge in [-0.2, -0.15) is 0 Å². The summed E-state index contributed by atoms with van der Waals surface area (Å²) in [6, 6.07) is 4.25. The lowest BCUT2D eigenvalue weighted by Crippen LogP contribution is -2.37. The molecule has 0 aliphatic heterocycles. The van der Waals surface area contributed by atoms with E-state index in [0.717, 1.165) is 29.5 Å². The number of esters is 1. The van der Waals surface area contributed by atoms with Gasteiger partial charge in [0.1, 0.15) is 5.75 Å². The van der Waals surface area contributed by atoms with Crippen molar-refractivity contribution in [3.05, 3.63) is 28.8 Å². The molecule has 1 amide bonds. The van der Waals surface area contributed by atoms with Crippen LogP contribution in [0.15, 0.2) is 12.1 Å². The van der Waals surface area contributed by atoms with Crippen LogP contribution in [0, 0.1) is 20.8 Å². The van der Waals surface area contributed by atoms with E-state index in [1.807, 2.05) is 32.9 Å². The molecule has 5 heteroatoms. The third-order valence-corrected chi connectivity index (χ3v) is 3.54. The van der Waals surface area contributed by atoms with Gasteiger partial charge >= 0.3 is 5.97 Å². The van der Waals surface area contributed by atoms with Crippen LogP contribution in [0.4, 0.5) is 0 Å². The van der Waals surface area contributed by atoms with Crippen LogP contribution in [-0.4, -0.2) is 30.6 Å². The Morgan fingerprint density at radius 2 is 1.82 bits per heavy atom. The van der Waals surface area contributed by atoms with Gasteiger partial charge in [0.2, 0.25) is 0 Å². The van der Waals surface area contributed by atoms with Gasteiger partial charge in [0.05, 0.1) is 0 Å². The normalized spacial score (nSPS) is 15.1. The molecule has 1 N–H and O–H groups in total. The standard InChI is InChI=1S/C17H23NO4/c1-10-7-11(2)16(12(3)8-10)21-9-15(19)22-13(4)17(20)18-14-5-6-14/h7-8,13-14H,5-6,9H2,1-4H3,(H,18,20)/t13-/m1/s1. The molecule has 0 heterocycles. The average molecular weight is 305 g/mol. The Morgan fingerprint density at radius 1 is 1.23 bits per heavy atom. The summed E-state index contributed by atoms with van der Waals surface area (Å²) in [6.07, 6.45) is 1.21. The molecular formula is C17H23NO4. The molecule has 22 heavy (non-hydrogen) atoms. The van der Waals surface area contributed by atoms with Crippen molar-refractivity contribution >= 4 is 11.9 Å². The number of nitrogens with one attached hydrogen (secondary N) is 1. The Hall–Kier alpha value is -2.04. The number of hydrogen-bond donors (Lipinski definition) is 1. The van der Waals surface area contributed by atoms with Crippen LogP contribution in [0.1, 0.15) is 36.5 Å². The summed E-state index contributed by atoms with van der Waals surface area (Å²) in [5, 5.41) is 2.80. The third-order valence-electron chi connectivity index (χ3n) is 3.54. The maximum Gasteiger partial charge on any atom is 0.344 e. The van der Waals surface area contributed by atoms with Crippen LogP contribution < -0.4 is 10.1 Å². The summed E-state index contributed by atoms with van der Waals surface area (Å²) in [7, 11) is 0. The van der Waals surface area contributed by atoms with Gasteiger partial charge in [-0.05, 0) is 51.7 Å². The highest BCUT2D eigenvalue weighted by Gasteiger charge is 2.27. The van der Waals surface area contributed by atoms with Crippen LogP contribution in [-0.2, 0) is 14.3 Å². The zero-order valence-electron chi connectivity index (χ0n) is 13.6. The largest absolute Gasteiger partial charge is 0.481 e. The molecule has 2 rings (SSSR count). The first-order chi connectivity index (χ1) is 10.4. The van der Waals surface area contributed by atoms with E-state index in [-0.39, 0.29) is 18.6 Å². The molecule has 1 aliphatic carbocycles. The Kier molecular flexibility index (Phi) is 5.06. The molecule has 0 radical (unpaired) electrons. The van der Waals surface area contributed by atoms with Crippen LogP contribution in [0.2, 0.25) is 0 Å². The first kappa shape index (κ1) is 16.3. The van der Waals surface area contributed by atoms with Gasteiger partial charge in [-0.1, -0.05) is 17.7 Å². The fourth-order valence-electron chi connectivity index (χ4n) is 2.36. The molecular weight excluding hydrogens is 282 g/mol. The third kappa shape index (κ3) is 4.48. The number of rotatable bonds is 6. The molecule has 1 aromatic carbocycles. The highest BCUT2D eigenvalue weighted by Crippen LogP contribution is 2.24. The summed E-state index contributed by atoms with van der Waals surface area (Å²) < 4.78 is 10.6. The predicted octanol–water partition coefficient (Wildman–Crippen LogP) is 2.20. The van der Waals surface area contributed by atoms with Gasteiger partial charge in [-0.15, -0.1) is 0 Å². The summed E-state index contributed by atoms with van der Waals surface area (Å²) in [5.74, 6) is -0.103. The molecule has 0 bridgehead atoms. The van der Waals surface area contributed by atoms with Crippen LogP contribution in [0.25, 0.3) is 0 Å². The second-order valence-corrected chi connectivity index (χ2v) is 5.93. The van der Waals surface area contributed by atoms with Crippen molar-refractivity contribution in [1.82, 2.24) is 5.32 Å². The number of carbonyl (C=O) groups is 2. The molecule has 1 atom stereocenters. The molecule has 0 unspecified atom stereocenters. The van der Waals surface area contributed by atoms with Gasteiger partial charge in [0.25, 0.3) is 5.91 Å². The Morgan fingerprint density at radius 3 is 2.36 bits per heavy atom. The van der Waals surface area contributed by atoms with Gasteiger partial charge in [-0.3, -0.25) is 4.79 Å². The van der Waals surface area contributed by atoms with Crippen molar-refractivity contribution in [3.8, 4) is 5.75 Å². The predicted molar refractivity (Wildman–Crippen MR) is 82.9 cm³/mol. The quantitative estimate of drug-likeness (QED) is 0.818. The molecule has 1 aromatic rings. The monoisotopic (exact) mass is 305 g/mol. The molecule has 120 valence electrons. The Bertz CT molecular complexity index is 555. The second kappa shape index (κ2) is 6.81. The number of carbonyl (C=O) groups excluding carboxylic acids is 2. The summed E-state index contributed by atoms with van der Waals surface area (Å²) in [6.45, 7) is 7.25. The molecule has 1 fully saturated rings. The van der Waals surface area contributed by atoms with Gasteiger partial charge in [0, 0.05) is 6.04 Å². The van der Waals surface area contributed by atoms with E-state index < -0.39 is 12.1 Å². The second-order valence-electron chi connectivity index (χ2n) is 5.93. The zero-order valence-corrected chi connectivity index (χ0v) is 13.6. The fourth-order valence-corrected chi connectivity index (χ4v) is 2.36. The van der Waals surface area contributed by atoms with Crippen molar-refractivity contribution in [3.63, 3.8) is 0 Å². The fraction of sp³-hybridized carbons (Fsp3) is 0.529. The molecule has 0 saturated heterocycles. The maximum atomic E-state index is 11.8. The van der Waals surface area contributed by atoms with Crippen molar-refractivity contribution in [1.29, 1.82) is 0 Å². The van der Waals surface area contributed by atoms with E-state index in [0.29, 0.717) is 5.75 Å². The first-order valence-electron chi connectivity index (χ1n) is 7.57. The molecule has 1 saturated carbocycles. The lowest BCUT2D eigenvalue weighted by molar-refractivity contribution is -0.156. The van der Waals surface area contributed by atoms with Gasteiger partial charge in [-0.25, -0.2) is 4.79 Å². The van der Waals surface area contributed by atoms with Crippen molar-refractivity contribution in [2.45, 2.75) is 52.7 Å². The molecule has 5 nitrogen and oxygen atoms in total. The van der Waals surface area contributed by atoms with E-state index in [2.05, 4.69) is 5.32 Å². The summed E-state index contributed by atoms with van der Waals surface area (Å²) in [4.78, 5) is 23.5. The minimum Gasteiger partial charge on any atom is -0.481 e. The number of benzene rings is 1. The van der Waals surface area contributed by atoms with Crippen LogP contribution in [0.3, 0.4) is 0 Å². The zero-order chi connectivity index (χ0) is 16.3. The van der Waals surface area contributed by atoms with E-state index in [1.165, 1.54) is 0 Å². The smallest absolute Gasteiger partial charge is 0.344 e. The lowest BCUT2D eigenvalue weighted by Gasteiger charge is -2.15. The van der Waals surface area contributed by atoms with Crippen molar-refractivity contribution < 1.29 is 19.1 Å². The molecule has 0 aromatic heterocycles. The van der Waals surface area contributed by atoms with E-state index >= 15 is 0 Å². The first-order valence-corrected chi connectivity index (χ1v) is 7.57. The minimum atomic E-state index is -0.795. The van der Waals surface area contributed by atoms with Crippen LogP contribution in [0.5, 0.6) is 5.75 Å². The topological polar surface area (TPSA) is 64.6 Å². The van der Waals surface area contributed by atoms with Crippen LogP contribution >= 0.6 is 0 Å². The van der Waals surface area contributed by atoms with Gasteiger partial charge in [0.15, 0.2) is 12.7 Å². The van der Waals surface area contributed by atoms with Crippen molar-refractivity contribution in [2.24, 2.45) is 0 Å². The SMILES string of the molecule is Cc1cc(C)c(OCC(=O)O[C@H](C)C(=O)NC2CC2)c(C)c1. The Balaban J connectivity index is 1.83. The average Bonchev–Trinajstić information content (AvgIpc) is 3.21. The highest BCUT2D eigenvalue weighted by atomic mass is 16.6. The number of ether oxygens (including phenoxy) is 2. The number of amides is 1. The van der Waals surface area contributed by atoms with E-state index in [4.69, 9.17) is 9.47 Å². The van der Waals surface area contributed by atoms with Crippen molar-refractivity contribution in [2.75, 3.05) is 6.61 Å². The maximum absolute atomic E-state index is 11.8. The molecule has 1 aliphatic rings.